The maximum absolute atomic E-state index is 13.3. The first-order valence-electron chi connectivity index (χ1n) is 17.3. The predicted molar refractivity (Wildman–Crippen MR) is 163 cm³/mol. The maximum atomic E-state index is 13.3. The van der Waals surface area contributed by atoms with Crippen molar-refractivity contribution in [1.29, 1.82) is 0 Å². The number of fused-ring (bicyclic) bond motifs is 5. The Morgan fingerprint density at radius 1 is 0.976 bits per heavy atom. The van der Waals surface area contributed by atoms with Gasteiger partial charge in [0.25, 0.3) is 0 Å². The fraction of sp³-hybridized carbons (Fsp3) is 0.886. The molecule has 2 heterocycles. The molecule has 2 aliphatic heterocycles. The molecule has 2 saturated heterocycles. The zero-order chi connectivity index (χ0) is 28.9. The summed E-state index contributed by atoms with van der Waals surface area (Å²) in [6.45, 7) is 10.9. The lowest BCUT2D eigenvalue weighted by Gasteiger charge is -2.58. The van der Waals surface area contributed by atoms with Gasteiger partial charge in [-0.1, -0.05) is 32.4 Å². The quantitative estimate of drug-likeness (QED) is 0.387. The number of urea groups is 1. The van der Waals surface area contributed by atoms with Gasteiger partial charge in [0.2, 0.25) is 5.91 Å². The second-order valence-corrected chi connectivity index (χ2v) is 15.6. The number of hydrogen-bond acceptors (Lipinski definition) is 3. The summed E-state index contributed by atoms with van der Waals surface area (Å²) in [5.74, 6) is 3.98. The summed E-state index contributed by atoms with van der Waals surface area (Å²) in [4.78, 5) is 32.1. The van der Waals surface area contributed by atoms with Crippen molar-refractivity contribution in [3.05, 3.63) is 11.6 Å². The van der Waals surface area contributed by atoms with Crippen LogP contribution in [0, 0.1) is 40.4 Å². The number of carbonyl (C=O) groups excluding carboxylic acids is 2. The number of likely N-dealkylation sites (tertiary alicyclic amines) is 2. The number of amides is 3. The number of piperidine rings is 1. The topological polar surface area (TPSA) is 64.1 Å². The van der Waals surface area contributed by atoms with Gasteiger partial charge in [0.05, 0.1) is 6.10 Å². The lowest BCUT2D eigenvalue weighted by molar-refractivity contribution is -0.133. The number of carbonyl (C=O) groups is 2. The van der Waals surface area contributed by atoms with E-state index in [1.54, 1.807) is 5.57 Å². The van der Waals surface area contributed by atoms with Gasteiger partial charge in [-0.05, 0) is 124 Å². The minimum absolute atomic E-state index is 0.130. The summed E-state index contributed by atoms with van der Waals surface area (Å²) in [6.07, 6.45) is 17.7. The zero-order valence-electron chi connectivity index (χ0n) is 26.5. The summed E-state index contributed by atoms with van der Waals surface area (Å²) in [7, 11) is 2.00. The van der Waals surface area contributed by atoms with Gasteiger partial charge in [0, 0.05) is 45.7 Å². The van der Waals surface area contributed by atoms with Crippen molar-refractivity contribution >= 4 is 11.9 Å². The third kappa shape index (κ3) is 5.27. The molecule has 6 aliphatic rings. The van der Waals surface area contributed by atoms with Crippen LogP contribution in [0.15, 0.2) is 11.6 Å². The van der Waals surface area contributed by atoms with Gasteiger partial charge in [-0.15, -0.1) is 0 Å². The molecule has 8 atom stereocenters. The van der Waals surface area contributed by atoms with Crippen LogP contribution in [0.2, 0.25) is 0 Å². The number of aliphatic hydroxyl groups excluding tert-OH is 1. The molecule has 3 saturated carbocycles. The molecular formula is C35H57N3O3. The lowest BCUT2D eigenvalue weighted by Crippen LogP contribution is -2.51. The summed E-state index contributed by atoms with van der Waals surface area (Å²) in [5.41, 5.74) is 2.28. The van der Waals surface area contributed by atoms with E-state index in [-0.39, 0.29) is 18.2 Å². The number of allylic oxidation sites excluding steroid dienone is 1. The molecule has 230 valence electrons. The van der Waals surface area contributed by atoms with Crippen LogP contribution in [0.5, 0.6) is 0 Å². The Bertz CT molecular complexity index is 1010. The van der Waals surface area contributed by atoms with Crippen molar-refractivity contribution in [2.45, 2.75) is 123 Å². The Morgan fingerprint density at radius 2 is 1.68 bits per heavy atom. The Morgan fingerprint density at radius 3 is 2.41 bits per heavy atom. The van der Waals surface area contributed by atoms with Crippen LogP contribution in [-0.4, -0.2) is 77.1 Å². The van der Waals surface area contributed by atoms with Crippen molar-refractivity contribution in [2.75, 3.05) is 33.2 Å². The van der Waals surface area contributed by atoms with E-state index in [2.05, 4.69) is 26.8 Å². The minimum Gasteiger partial charge on any atom is -0.393 e. The van der Waals surface area contributed by atoms with Crippen molar-refractivity contribution < 1.29 is 14.7 Å². The fourth-order valence-electron chi connectivity index (χ4n) is 11.1. The highest BCUT2D eigenvalue weighted by Gasteiger charge is 2.59. The summed E-state index contributed by atoms with van der Waals surface area (Å²) >= 11 is 0. The fourth-order valence-corrected chi connectivity index (χ4v) is 11.1. The molecule has 3 amide bonds. The largest absolute Gasteiger partial charge is 0.393 e. The normalized spacial score (nSPS) is 39.9. The molecule has 6 nitrogen and oxygen atoms in total. The van der Waals surface area contributed by atoms with E-state index < -0.39 is 0 Å². The van der Waals surface area contributed by atoms with Crippen LogP contribution >= 0.6 is 0 Å². The van der Waals surface area contributed by atoms with Crippen molar-refractivity contribution in [3.8, 4) is 0 Å². The zero-order valence-corrected chi connectivity index (χ0v) is 26.5. The lowest BCUT2D eigenvalue weighted by atomic mass is 9.47. The van der Waals surface area contributed by atoms with Crippen molar-refractivity contribution in [3.63, 3.8) is 0 Å². The number of aliphatic hydroxyl groups is 1. The monoisotopic (exact) mass is 567 g/mol. The van der Waals surface area contributed by atoms with Crippen LogP contribution in [0.4, 0.5) is 4.79 Å². The third-order valence-electron chi connectivity index (χ3n) is 13.7. The van der Waals surface area contributed by atoms with E-state index in [1.807, 2.05) is 21.7 Å². The molecule has 6 rings (SSSR count). The van der Waals surface area contributed by atoms with Crippen molar-refractivity contribution in [2.24, 2.45) is 40.4 Å². The Kier molecular flexibility index (Phi) is 8.28. The first-order chi connectivity index (χ1) is 19.6. The second kappa shape index (κ2) is 11.5. The predicted octanol–water partition coefficient (Wildman–Crippen LogP) is 6.48. The molecule has 4 aliphatic carbocycles. The van der Waals surface area contributed by atoms with E-state index in [0.717, 1.165) is 101 Å². The van der Waals surface area contributed by atoms with Gasteiger partial charge in [-0.2, -0.15) is 0 Å². The van der Waals surface area contributed by atoms with E-state index in [9.17, 15) is 14.7 Å². The van der Waals surface area contributed by atoms with Gasteiger partial charge < -0.3 is 19.8 Å². The average Bonchev–Trinajstić information content (AvgIpc) is 3.63. The molecule has 41 heavy (non-hydrogen) atoms. The summed E-state index contributed by atoms with van der Waals surface area (Å²) in [5, 5.41) is 10.3. The molecule has 0 spiro atoms. The molecule has 0 bridgehead atoms. The van der Waals surface area contributed by atoms with Gasteiger partial charge in [-0.3, -0.25) is 4.79 Å². The second-order valence-electron chi connectivity index (χ2n) is 15.6. The number of rotatable bonds is 5. The molecule has 6 heteroatoms. The van der Waals surface area contributed by atoms with E-state index in [1.165, 1.54) is 32.1 Å². The maximum Gasteiger partial charge on any atom is 0.319 e. The molecule has 0 aromatic carbocycles. The van der Waals surface area contributed by atoms with Gasteiger partial charge >= 0.3 is 6.03 Å². The van der Waals surface area contributed by atoms with Crippen LogP contribution in [0.1, 0.15) is 111 Å². The van der Waals surface area contributed by atoms with Crippen LogP contribution in [0.3, 0.4) is 0 Å². The smallest absolute Gasteiger partial charge is 0.319 e. The summed E-state index contributed by atoms with van der Waals surface area (Å²) < 4.78 is 0. The Hall–Kier alpha value is -1.56. The minimum atomic E-state index is -0.130. The Balaban J connectivity index is 1.01. The van der Waals surface area contributed by atoms with E-state index >= 15 is 0 Å². The van der Waals surface area contributed by atoms with Crippen LogP contribution < -0.4 is 0 Å². The molecule has 0 aromatic heterocycles. The van der Waals surface area contributed by atoms with E-state index in [4.69, 9.17) is 0 Å². The average molecular weight is 568 g/mol. The van der Waals surface area contributed by atoms with E-state index in [0.29, 0.717) is 29.1 Å². The molecular weight excluding hydrogens is 510 g/mol. The number of hydrogen-bond donors (Lipinski definition) is 1. The highest BCUT2D eigenvalue weighted by atomic mass is 16.3. The van der Waals surface area contributed by atoms with Crippen molar-refractivity contribution in [1.82, 2.24) is 14.7 Å². The molecule has 0 aromatic rings. The van der Waals surface area contributed by atoms with Crippen LogP contribution in [0.25, 0.3) is 0 Å². The van der Waals surface area contributed by atoms with Gasteiger partial charge in [-0.25, -0.2) is 4.79 Å². The highest BCUT2D eigenvalue weighted by molar-refractivity contribution is 5.76. The highest BCUT2D eigenvalue weighted by Crippen LogP contribution is 2.67. The molecule has 5 fully saturated rings. The number of nitrogens with zero attached hydrogens (tertiary/aromatic N) is 3. The molecule has 1 N–H and O–H groups in total. The van der Waals surface area contributed by atoms with Gasteiger partial charge in [0.1, 0.15) is 0 Å². The molecule has 0 unspecified atom stereocenters. The van der Waals surface area contributed by atoms with Gasteiger partial charge in [0.15, 0.2) is 0 Å². The molecule has 0 radical (unpaired) electrons. The Labute approximate surface area is 249 Å². The summed E-state index contributed by atoms with van der Waals surface area (Å²) in [6, 6.07) is 0.466. The van der Waals surface area contributed by atoms with Crippen LogP contribution in [-0.2, 0) is 4.79 Å². The first kappa shape index (κ1) is 29.5. The third-order valence-corrected chi connectivity index (χ3v) is 13.7. The SMILES string of the molecule is C[C@H](CCC(=O)N(C)C1CCN(C(=O)N2CCCC2)CC1)[C@H]1CC[C@H]2[C@@H]3CC=C4C[C@@H](O)CC[C@]4(C)[C@H]3CC[C@]12C. The first-order valence-corrected chi connectivity index (χ1v) is 17.3. The standard InChI is InChI=1S/C35H57N3O3/c1-24(7-12-32(40)36(4)26-15-21-38(22-16-26)33(41)37-19-5-6-20-37)29-10-11-30-28-9-8-25-23-27(39)13-17-34(25,2)31(28)14-18-35(29,30)3/h8,24,26-31,39H,5-7,9-23H2,1-4H3/t24-,27+,28+,29-,30+,31+,34+,35-/m1/s1.